The average Bonchev–Trinajstić information content (AvgIpc) is 3.45. The lowest BCUT2D eigenvalue weighted by Gasteiger charge is -2.35. The van der Waals surface area contributed by atoms with Crippen LogP contribution < -0.4 is 14.8 Å². The highest BCUT2D eigenvalue weighted by Gasteiger charge is 2.33. The highest BCUT2D eigenvalue weighted by atomic mass is 16.5. The predicted molar refractivity (Wildman–Crippen MR) is 104 cm³/mol. The Bertz CT molecular complexity index is 834. The van der Waals surface area contributed by atoms with E-state index in [4.69, 9.17) is 14.2 Å². The number of amides is 1. The molecule has 0 aliphatic heterocycles. The minimum absolute atomic E-state index is 0.0127. The lowest BCUT2D eigenvalue weighted by atomic mass is 9.92. The maximum atomic E-state index is 11.0. The van der Waals surface area contributed by atoms with Crippen LogP contribution in [-0.4, -0.2) is 47.3 Å². The molecule has 150 valence electrons. The molecule has 2 heterocycles. The highest BCUT2D eigenvalue weighted by molar-refractivity contribution is 5.90. The van der Waals surface area contributed by atoms with Crippen molar-refractivity contribution >= 4 is 16.7 Å². The van der Waals surface area contributed by atoms with Gasteiger partial charge >= 0.3 is 0 Å². The van der Waals surface area contributed by atoms with E-state index in [0.29, 0.717) is 24.3 Å². The van der Waals surface area contributed by atoms with Crippen molar-refractivity contribution < 1.29 is 19.0 Å². The van der Waals surface area contributed by atoms with E-state index in [1.165, 1.54) is 19.8 Å². The number of carbonyl (C=O) groups excluding carboxylic acids is 1. The Morgan fingerprint density at radius 1 is 1.14 bits per heavy atom. The van der Waals surface area contributed by atoms with E-state index in [0.717, 1.165) is 30.2 Å². The van der Waals surface area contributed by atoms with Gasteiger partial charge in [0.05, 0.1) is 30.1 Å². The van der Waals surface area contributed by atoms with Crippen LogP contribution in [0.4, 0.5) is 0 Å². The van der Waals surface area contributed by atoms with Gasteiger partial charge in [-0.05, 0) is 37.8 Å². The van der Waals surface area contributed by atoms with E-state index in [1.54, 1.807) is 12.4 Å². The van der Waals surface area contributed by atoms with Crippen LogP contribution in [0.5, 0.6) is 11.8 Å². The number of rotatable bonds is 9. The first-order chi connectivity index (χ1) is 13.6. The van der Waals surface area contributed by atoms with Crippen LogP contribution in [0.2, 0.25) is 0 Å². The van der Waals surface area contributed by atoms with Crippen molar-refractivity contribution in [2.45, 2.75) is 57.8 Å². The Morgan fingerprint density at radius 2 is 1.82 bits per heavy atom. The van der Waals surface area contributed by atoms with Crippen LogP contribution in [0.25, 0.3) is 10.8 Å². The van der Waals surface area contributed by atoms with Crippen LogP contribution in [-0.2, 0) is 9.53 Å². The Kier molecular flexibility index (Phi) is 5.62. The lowest BCUT2D eigenvalue weighted by molar-refractivity contribution is -0.121. The van der Waals surface area contributed by atoms with Crippen LogP contribution in [0, 0.1) is 5.92 Å². The molecule has 2 aromatic heterocycles. The molecule has 0 bridgehead atoms. The zero-order chi connectivity index (χ0) is 19.5. The molecule has 0 spiro atoms. The van der Waals surface area contributed by atoms with Crippen molar-refractivity contribution in [2.24, 2.45) is 5.92 Å². The van der Waals surface area contributed by atoms with E-state index < -0.39 is 0 Å². The fourth-order valence-corrected chi connectivity index (χ4v) is 3.32. The van der Waals surface area contributed by atoms with Gasteiger partial charge in [0.15, 0.2) is 0 Å². The molecule has 2 aromatic rings. The Hall–Kier alpha value is -2.41. The molecule has 0 unspecified atom stereocenters. The van der Waals surface area contributed by atoms with Gasteiger partial charge in [-0.25, -0.2) is 9.97 Å². The molecule has 2 fully saturated rings. The number of carbonyl (C=O) groups is 1. The Labute approximate surface area is 164 Å². The molecule has 1 atom stereocenters. The second-order valence-electron chi connectivity index (χ2n) is 7.85. The average molecular weight is 385 g/mol. The molecular formula is C21H27N3O4. The van der Waals surface area contributed by atoms with Gasteiger partial charge in [-0.2, -0.15) is 0 Å². The van der Waals surface area contributed by atoms with Gasteiger partial charge in [-0.15, -0.1) is 0 Å². The zero-order valence-corrected chi connectivity index (χ0v) is 16.4. The third-order valence-corrected chi connectivity index (χ3v) is 5.13. The number of fused-ring (bicyclic) bond motifs is 1. The fourth-order valence-electron chi connectivity index (χ4n) is 3.32. The number of nitrogens with zero attached hydrogens (tertiary/aromatic N) is 2. The molecule has 0 aromatic carbocycles. The molecule has 1 N–H and O–H groups in total. The molecule has 2 aliphatic carbocycles. The number of hydrogen-bond donors (Lipinski definition) is 1. The Morgan fingerprint density at radius 3 is 2.50 bits per heavy atom. The molecule has 7 nitrogen and oxygen atoms in total. The fraction of sp³-hybridized carbons (Fsp3) is 0.571. The van der Waals surface area contributed by atoms with Gasteiger partial charge in [0.1, 0.15) is 6.10 Å². The summed E-state index contributed by atoms with van der Waals surface area (Å²) < 4.78 is 17.8. The monoisotopic (exact) mass is 385 g/mol. The first-order valence-electron chi connectivity index (χ1n) is 10.0. The number of ether oxygens (including phenoxy) is 3. The molecule has 28 heavy (non-hydrogen) atoms. The number of aromatic nitrogens is 2. The quantitative estimate of drug-likeness (QED) is 0.715. The summed E-state index contributed by atoms with van der Waals surface area (Å²) in [6.07, 6.45) is 7.87. The van der Waals surface area contributed by atoms with Crippen molar-refractivity contribution in [3.8, 4) is 11.8 Å². The molecule has 2 saturated carbocycles. The Balaban J connectivity index is 1.32. The van der Waals surface area contributed by atoms with Gasteiger partial charge in [0, 0.05) is 38.2 Å². The molecule has 0 radical (unpaired) electrons. The summed E-state index contributed by atoms with van der Waals surface area (Å²) in [7, 11) is 0. The summed E-state index contributed by atoms with van der Waals surface area (Å²) in [6, 6.07) is 3.86. The van der Waals surface area contributed by atoms with Crippen LogP contribution >= 0.6 is 0 Å². The zero-order valence-electron chi connectivity index (χ0n) is 16.4. The first-order valence-corrected chi connectivity index (χ1v) is 10.0. The summed E-state index contributed by atoms with van der Waals surface area (Å²) in [5, 5.41) is 4.68. The summed E-state index contributed by atoms with van der Waals surface area (Å²) in [5.74, 6) is 1.91. The lowest BCUT2D eigenvalue weighted by Crippen LogP contribution is -2.42. The third kappa shape index (κ3) is 4.70. The highest BCUT2D eigenvalue weighted by Crippen LogP contribution is 2.34. The van der Waals surface area contributed by atoms with E-state index in [1.807, 2.05) is 19.1 Å². The predicted octanol–water partition coefficient (Wildman–Crippen LogP) is 2.87. The van der Waals surface area contributed by atoms with E-state index >= 15 is 0 Å². The van der Waals surface area contributed by atoms with Gasteiger partial charge < -0.3 is 19.5 Å². The van der Waals surface area contributed by atoms with E-state index in [9.17, 15) is 4.79 Å². The van der Waals surface area contributed by atoms with Gasteiger partial charge in [-0.3, -0.25) is 4.79 Å². The summed E-state index contributed by atoms with van der Waals surface area (Å²) >= 11 is 0. The molecule has 1 amide bonds. The summed E-state index contributed by atoms with van der Waals surface area (Å²) in [4.78, 5) is 19.8. The smallest absolute Gasteiger partial charge is 0.221 e. The summed E-state index contributed by atoms with van der Waals surface area (Å²) in [5.41, 5.74) is 0. The standard InChI is InChI=1S/C21H27N3O4/c1-13(24-14(2)25)11-26-16-9-17(10-16)28-21-19-6-7-22-20(18(19)5-8-23-21)27-12-15-3-4-15/h5-8,13,15-17H,3-4,9-12H2,1-2H3,(H,24,25)/t13-,16?,17?/m0/s1. The number of hydrogen-bond acceptors (Lipinski definition) is 6. The van der Waals surface area contributed by atoms with Crippen LogP contribution in [0.1, 0.15) is 39.5 Å². The molecule has 0 saturated heterocycles. The minimum atomic E-state index is -0.0390. The van der Waals surface area contributed by atoms with Crippen LogP contribution in [0.15, 0.2) is 24.5 Å². The SMILES string of the molecule is CC(=O)N[C@@H](C)COC1CC(Oc2nccc3c(OCC4CC4)nccc23)C1. The molecule has 2 aliphatic rings. The van der Waals surface area contributed by atoms with Crippen molar-refractivity contribution in [3.63, 3.8) is 0 Å². The van der Waals surface area contributed by atoms with Gasteiger partial charge in [0.25, 0.3) is 0 Å². The van der Waals surface area contributed by atoms with E-state index in [-0.39, 0.29) is 24.2 Å². The largest absolute Gasteiger partial charge is 0.477 e. The maximum Gasteiger partial charge on any atom is 0.221 e. The number of pyridine rings is 2. The second-order valence-corrected chi connectivity index (χ2v) is 7.85. The summed E-state index contributed by atoms with van der Waals surface area (Å²) in [6.45, 7) is 4.68. The van der Waals surface area contributed by atoms with Gasteiger partial charge in [0.2, 0.25) is 17.7 Å². The topological polar surface area (TPSA) is 82.6 Å². The second kappa shape index (κ2) is 8.31. The first kappa shape index (κ1) is 18.9. The molecule has 7 heteroatoms. The molecular weight excluding hydrogens is 358 g/mol. The van der Waals surface area contributed by atoms with Crippen LogP contribution in [0.3, 0.4) is 0 Å². The van der Waals surface area contributed by atoms with E-state index in [2.05, 4.69) is 15.3 Å². The van der Waals surface area contributed by atoms with Crippen molar-refractivity contribution in [3.05, 3.63) is 24.5 Å². The van der Waals surface area contributed by atoms with Crippen molar-refractivity contribution in [2.75, 3.05) is 13.2 Å². The minimum Gasteiger partial charge on any atom is -0.477 e. The molecule has 4 rings (SSSR count). The maximum absolute atomic E-state index is 11.0. The third-order valence-electron chi connectivity index (χ3n) is 5.13. The van der Waals surface area contributed by atoms with Crippen molar-refractivity contribution in [1.82, 2.24) is 15.3 Å². The normalized spacial score (nSPS) is 22.4. The number of nitrogens with one attached hydrogen (secondary N) is 1. The van der Waals surface area contributed by atoms with Crippen molar-refractivity contribution in [1.29, 1.82) is 0 Å². The van der Waals surface area contributed by atoms with Gasteiger partial charge in [-0.1, -0.05) is 0 Å².